The molecule has 0 bridgehead atoms. The molecule has 0 saturated carbocycles. The molecule has 0 radical (unpaired) electrons. The molecule has 3 rings (SSSR count). The smallest absolute Gasteiger partial charge is 0.138 e. The van der Waals surface area contributed by atoms with Crippen molar-refractivity contribution in [1.82, 2.24) is 14.8 Å². The van der Waals surface area contributed by atoms with Gasteiger partial charge < -0.3 is 0 Å². The predicted octanol–water partition coefficient (Wildman–Crippen LogP) is 4.50. The summed E-state index contributed by atoms with van der Waals surface area (Å²) in [4.78, 5) is 4.39. The zero-order chi connectivity index (χ0) is 16.6. The summed E-state index contributed by atoms with van der Waals surface area (Å²) in [5.74, 6) is 2.41. The van der Waals surface area contributed by atoms with E-state index in [4.69, 9.17) is 0 Å². The molecule has 1 aliphatic heterocycles. The monoisotopic (exact) mass is 311 g/mol. The standard InChI is InChI=1S/C20H29N3/c1-14(2)17-7-6-15(11-18(17)20(3,4)5)10-16-8-9-23-19(12-16)21-13-22-23/h6-7,11,13-14,16H,8-10,12H2,1-5H3. The van der Waals surface area contributed by atoms with Gasteiger partial charge in [0, 0.05) is 13.0 Å². The molecule has 0 fully saturated rings. The Hall–Kier alpha value is -1.64. The highest BCUT2D eigenvalue weighted by Crippen LogP contribution is 2.32. The first-order chi connectivity index (χ1) is 10.8. The minimum Gasteiger partial charge on any atom is -0.250 e. The Kier molecular flexibility index (Phi) is 4.31. The molecule has 1 aromatic heterocycles. The number of aromatic nitrogens is 3. The van der Waals surface area contributed by atoms with E-state index in [1.807, 2.05) is 0 Å². The van der Waals surface area contributed by atoms with Crippen molar-refractivity contribution in [3.63, 3.8) is 0 Å². The minimum absolute atomic E-state index is 0.197. The van der Waals surface area contributed by atoms with E-state index in [1.54, 1.807) is 6.33 Å². The lowest BCUT2D eigenvalue weighted by Gasteiger charge is -2.27. The molecule has 23 heavy (non-hydrogen) atoms. The lowest BCUT2D eigenvalue weighted by molar-refractivity contribution is 0.360. The highest BCUT2D eigenvalue weighted by Gasteiger charge is 2.23. The van der Waals surface area contributed by atoms with Gasteiger partial charge in [0.05, 0.1) is 0 Å². The van der Waals surface area contributed by atoms with E-state index in [9.17, 15) is 0 Å². The number of rotatable bonds is 3. The Labute approximate surface area is 140 Å². The quantitative estimate of drug-likeness (QED) is 0.835. The van der Waals surface area contributed by atoms with Crippen LogP contribution in [0.15, 0.2) is 24.5 Å². The molecular weight excluding hydrogens is 282 g/mol. The van der Waals surface area contributed by atoms with Crippen molar-refractivity contribution in [1.29, 1.82) is 0 Å². The highest BCUT2D eigenvalue weighted by atomic mass is 15.3. The van der Waals surface area contributed by atoms with Crippen LogP contribution in [0, 0.1) is 5.92 Å². The van der Waals surface area contributed by atoms with Gasteiger partial charge in [0.2, 0.25) is 0 Å². The summed E-state index contributed by atoms with van der Waals surface area (Å²) in [5.41, 5.74) is 4.66. The lowest BCUT2D eigenvalue weighted by atomic mass is 9.79. The van der Waals surface area contributed by atoms with Gasteiger partial charge in [0.1, 0.15) is 12.2 Å². The summed E-state index contributed by atoms with van der Waals surface area (Å²) in [7, 11) is 0. The van der Waals surface area contributed by atoms with Gasteiger partial charge in [-0.15, -0.1) is 0 Å². The first-order valence-electron chi connectivity index (χ1n) is 8.84. The molecular formula is C20H29N3. The van der Waals surface area contributed by atoms with Crippen molar-refractivity contribution in [3.8, 4) is 0 Å². The average molecular weight is 311 g/mol. The van der Waals surface area contributed by atoms with Gasteiger partial charge >= 0.3 is 0 Å². The number of aryl methyl sites for hydroxylation is 1. The van der Waals surface area contributed by atoms with E-state index in [0.717, 1.165) is 25.2 Å². The summed E-state index contributed by atoms with van der Waals surface area (Å²) in [6.45, 7) is 12.6. The first-order valence-corrected chi connectivity index (χ1v) is 8.84. The number of fused-ring (bicyclic) bond motifs is 1. The molecule has 124 valence electrons. The van der Waals surface area contributed by atoms with Crippen LogP contribution < -0.4 is 0 Å². The number of benzene rings is 1. The Balaban J connectivity index is 1.81. The molecule has 1 unspecified atom stereocenters. The van der Waals surface area contributed by atoms with Crippen molar-refractivity contribution >= 4 is 0 Å². The topological polar surface area (TPSA) is 30.7 Å². The van der Waals surface area contributed by atoms with Crippen LogP contribution in [0.25, 0.3) is 0 Å². The van der Waals surface area contributed by atoms with Crippen LogP contribution in [0.1, 0.15) is 69.5 Å². The highest BCUT2D eigenvalue weighted by molar-refractivity contribution is 5.38. The molecule has 0 amide bonds. The van der Waals surface area contributed by atoms with E-state index >= 15 is 0 Å². The van der Waals surface area contributed by atoms with Crippen molar-refractivity contribution in [3.05, 3.63) is 47.0 Å². The van der Waals surface area contributed by atoms with Gasteiger partial charge in [-0.25, -0.2) is 4.98 Å². The molecule has 1 aliphatic rings. The van der Waals surface area contributed by atoms with Crippen LogP contribution >= 0.6 is 0 Å². The molecule has 1 atom stereocenters. The average Bonchev–Trinajstić information content (AvgIpc) is 2.93. The second-order valence-corrected chi connectivity index (χ2v) is 8.29. The molecule has 0 aliphatic carbocycles. The van der Waals surface area contributed by atoms with Crippen molar-refractivity contribution in [2.24, 2.45) is 5.92 Å². The molecule has 0 spiro atoms. The summed E-state index contributed by atoms with van der Waals surface area (Å²) in [6.07, 6.45) is 5.09. The normalized spacial score (nSPS) is 18.3. The fourth-order valence-corrected chi connectivity index (χ4v) is 3.69. The van der Waals surface area contributed by atoms with Gasteiger partial charge in [0.25, 0.3) is 0 Å². The largest absolute Gasteiger partial charge is 0.250 e. The van der Waals surface area contributed by atoms with Crippen molar-refractivity contribution in [2.75, 3.05) is 0 Å². The predicted molar refractivity (Wildman–Crippen MR) is 94.8 cm³/mol. The van der Waals surface area contributed by atoms with E-state index in [1.165, 1.54) is 23.1 Å². The Bertz CT molecular complexity index is 676. The van der Waals surface area contributed by atoms with Crippen molar-refractivity contribution in [2.45, 2.75) is 71.8 Å². The zero-order valence-electron chi connectivity index (χ0n) is 15.1. The maximum atomic E-state index is 4.39. The van der Waals surface area contributed by atoms with Gasteiger partial charge in [-0.2, -0.15) is 5.10 Å². The molecule has 3 heteroatoms. The maximum absolute atomic E-state index is 4.39. The van der Waals surface area contributed by atoms with Crippen LogP contribution in [0.3, 0.4) is 0 Å². The molecule has 2 heterocycles. The van der Waals surface area contributed by atoms with Gasteiger partial charge in [-0.1, -0.05) is 52.8 Å². The summed E-state index contributed by atoms with van der Waals surface area (Å²) < 4.78 is 2.05. The molecule has 1 aromatic carbocycles. The van der Waals surface area contributed by atoms with Gasteiger partial charge in [-0.05, 0) is 46.8 Å². The van der Waals surface area contributed by atoms with Crippen LogP contribution in [-0.4, -0.2) is 14.8 Å². The van der Waals surface area contributed by atoms with Crippen molar-refractivity contribution < 1.29 is 0 Å². The number of nitrogens with zero attached hydrogens (tertiary/aromatic N) is 3. The number of hydrogen-bond donors (Lipinski definition) is 0. The second-order valence-electron chi connectivity index (χ2n) is 8.29. The third-order valence-corrected chi connectivity index (χ3v) is 4.99. The van der Waals surface area contributed by atoms with E-state index in [-0.39, 0.29) is 5.41 Å². The molecule has 0 N–H and O–H groups in total. The van der Waals surface area contributed by atoms with Gasteiger partial charge in [-0.3, -0.25) is 4.68 Å². The fraction of sp³-hybridized carbons (Fsp3) is 0.600. The molecule has 2 aromatic rings. The first kappa shape index (κ1) is 16.2. The third-order valence-electron chi connectivity index (χ3n) is 4.99. The van der Waals surface area contributed by atoms with E-state index in [0.29, 0.717) is 11.8 Å². The van der Waals surface area contributed by atoms with E-state index < -0.39 is 0 Å². The molecule has 3 nitrogen and oxygen atoms in total. The fourth-order valence-electron chi connectivity index (χ4n) is 3.69. The third kappa shape index (κ3) is 3.49. The maximum Gasteiger partial charge on any atom is 0.138 e. The Morgan fingerprint density at radius 2 is 2.04 bits per heavy atom. The summed E-state index contributed by atoms with van der Waals surface area (Å²) in [6, 6.07) is 7.14. The van der Waals surface area contributed by atoms with Crippen LogP contribution in [-0.2, 0) is 24.8 Å². The molecule has 0 saturated heterocycles. The summed E-state index contributed by atoms with van der Waals surface area (Å²) in [5, 5.41) is 4.28. The van der Waals surface area contributed by atoms with Crippen LogP contribution in [0.5, 0.6) is 0 Å². The van der Waals surface area contributed by atoms with Crippen LogP contribution in [0.2, 0.25) is 0 Å². The van der Waals surface area contributed by atoms with Gasteiger partial charge in [0.15, 0.2) is 0 Å². The second kappa shape index (κ2) is 6.10. The Morgan fingerprint density at radius 3 is 2.74 bits per heavy atom. The zero-order valence-corrected chi connectivity index (χ0v) is 15.1. The van der Waals surface area contributed by atoms with Crippen LogP contribution in [0.4, 0.5) is 0 Å². The Morgan fingerprint density at radius 1 is 1.26 bits per heavy atom. The minimum atomic E-state index is 0.197. The SMILES string of the molecule is CC(C)c1ccc(CC2CCn3ncnc3C2)cc1C(C)(C)C. The summed E-state index contributed by atoms with van der Waals surface area (Å²) >= 11 is 0. The van der Waals surface area contributed by atoms with E-state index in [2.05, 4.69) is 67.6 Å². The number of hydrogen-bond acceptors (Lipinski definition) is 2. The lowest BCUT2D eigenvalue weighted by Crippen LogP contribution is -2.22.